The highest BCUT2D eigenvalue weighted by Crippen LogP contribution is 2.30. The van der Waals surface area contributed by atoms with Crippen LogP contribution in [0.15, 0.2) is 48.7 Å². The zero-order chi connectivity index (χ0) is 14.4. The number of aromatic carboxylic acids is 1. The number of nitrogens with zero attached hydrogens (tertiary/aromatic N) is 1. The minimum atomic E-state index is -0.953. The van der Waals surface area contributed by atoms with Crippen LogP contribution in [0.5, 0.6) is 0 Å². The van der Waals surface area contributed by atoms with Crippen LogP contribution >= 0.6 is 0 Å². The lowest BCUT2D eigenvalue weighted by Gasteiger charge is -2.02. The van der Waals surface area contributed by atoms with Crippen molar-refractivity contribution in [2.75, 3.05) is 0 Å². The standard InChI is InChI=1S/C16H11N3O2/c20-16(21)11-2-1-3-13-14(11)15(19-18-13)10-4-5-12-9(8-10)6-7-17-12/h1-8,17H,(H,18,19)(H,20,21). The number of carboxylic acid groups (broad SMARTS) is 1. The second-order valence-electron chi connectivity index (χ2n) is 4.89. The Kier molecular flexibility index (Phi) is 2.35. The first kappa shape index (κ1) is 11.7. The van der Waals surface area contributed by atoms with Crippen molar-refractivity contribution >= 4 is 27.8 Å². The van der Waals surface area contributed by atoms with Gasteiger partial charge in [0.1, 0.15) is 5.69 Å². The van der Waals surface area contributed by atoms with Gasteiger partial charge in [0.2, 0.25) is 0 Å². The fourth-order valence-corrected chi connectivity index (χ4v) is 2.66. The largest absolute Gasteiger partial charge is 0.478 e. The van der Waals surface area contributed by atoms with Gasteiger partial charge in [-0.1, -0.05) is 12.1 Å². The average Bonchev–Trinajstić information content (AvgIpc) is 3.12. The first-order valence-electron chi connectivity index (χ1n) is 6.52. The highest BCUT2D eigenvalue weighted by atomic mass is 16.4. The minimum absolute atomic E-state index is 0.255. The molecule has 0 radical (unpaired) electrons. The number of aromatic amines is 2. The van der Waals surface area contributed by atoms with Crippen LogP contribution in [0.25, 0.3) is 33.1 Å². The minimum Gasteiger partial charge on any atom is -0.478 e. The summed E-state index contributed by atoms with van der Waals surface area (Å²) in [6.07, 6.45) is 1.87. The lowest BCUT2D eigenvalue weighted by atomic mass is 10.0. The van der Waals surface area contributed by atoms with E-state index in [1.165, 1.54) is 0 Å². The molecule has 0 saturated carbocycles. The Labute approximate surface area is 119 Å². The summed E-state index contributed by atoms with van der Waals surface area (Å²) in [7, 11) is 0. The third-order valence-electron chi connectivity index (χ3n) is 3.65. The van der Waals surface area contributed by atoms with Crippen LogP contribution in [0.2, 0.25) is 0 Å². The molecule has 3 N–H and O–H groups in total. The van der Waals surface area contributed by atoms with E-state index < -0.39 is 5.97 Å². The highest BCUT2D eigenvalue weighted by Gasteiger charge is 2.16. The fourth-order valence-electron chi connectivity index (χ4n) is 2.66. The van der Waals surface area contributed by atoms with Gasteiger partial charge >= 0.3 is 5.97 Å². The molecular formula is C16H11N3O2. The van der Waals surface area contributed by atoms with Crippen molar-refractivity contribution < 1.29 is 9.90 Å². The zero-order valence-corrected chi connectivity index (χ0v) is 10.9. The smallest absolute Gasteiger partial charge is 0.336 e. The summed E-state index contributed by atoms with van der Waals surface area (Å²) in [5.74, 6) is -0.953. The summed E-state index contributed by atoms with van der Waals surface area (Å²) in [5, 5.41) is 18.3. The molecule has 0 unspecified atom stereocenters. The normalized spacial score (nSPS) is 11.2. The molecule has 5 nitrogen and oxygen atoms in total. The molecule has 5 heteroatoms. The molecular weight excluding hydrogens is 266 g/mol. The fraction of sp³-hybridized carbons (Fsp3) is 0. The molecule has 0 bridgehead atoms. The van der Waals surface area contributed by atoms with Crippen molar-refractivity contribution in [3.8, 4) is 11.3 Å². The Hall–Kier alpha value is -3.08. The van der Waals surface area contributed by atoms with Crippen LogP contribution in [-0.4, -0.2) is 26.3 Å². The van der Waals surface area contributed by atoms with Crippen LogP contribution < -0.4 is 0 Å². The first-order valence-corrected chi connectivity index (χ1v) is 6.52. The van der Waals surface area contributed by atoms with Gasteiger partial charge in [-0.25, -0.2) is 4.79 Å². The lowest BCUT2D eigenvalue weighted by Crippen LogP contribution is -1.97. The van der Waals surface area contributed by atoms with E-state index >= 15 is 0 Å². The molecule has 0 amide bonds. The van der Waals surface area contributed by atoms with E-state index in [4.69, 9.17) is 0 Å². The number of fused-ring (bicyclic) bond motifs is 2. The number of H-pyrrole nitrogens is 2. The van der Waals surface area contributed by atoms with E-state index in [9.17, 15) is 9.90 Å². The van der Waals surface area contributed by atoms with E-state index in [0.29, 0.717) is 11.1 Å². The molecule has 0 saturated heterocycles. The van der Waals surface area contributed by atoms with Gasteiger partial charge in [-0.3, -0.25) is 5.10 Å². The van der Waals surface area contributed by atoms with E-state index in [2.05, 4.69) is 15.2 Å². The molecule has 4 rings (SSSR count). The molecule has 4 aromatic rings. The highest BCUT2D eigenvalue weighted by molar-refractivity contribution is 6.08. The maximum Gasteiger partial charge on any atom is 0.336 e. The Morgan fingerprint density at radius 3 is 2.86 bits per heavy atom. The number of aromatic nitrogens is 3. The van der Waals surface area contributed by atoms with E-state index in [1.54, 1.807) is 12.1 Å². The van der Waals surface area contributed by atoms with Gasteiger partial charge in [-0.05, 0) is 30.3 Å². The average molecular weight is 277 g/mol. The monoisotopic (exact) mass is 277 g/mol. The van der Waals surface area contributed by atoms with Crippen molar-refractivity contribution in [1.29, 1.82) is 0 Å². The summed E-state index contributed by atoms with van der Waals surface area (Å²) < 4.78 is 0. The second-order valence-corrected chi connectivity index (χ2v) is 4.89. The number of hydrogen-bond donors (Lipinski definition) is 3. The van der Waals surface area contributed by atoms with Gasteiger partial charge in [0.15, 0.2) is 0 Å². The predicted octanol–water partition coefficient (Wildman–Crippen LogP) is 3.41. The van der Waals surface area contributed by atoms with E-state index in [1.807, 2.05) is 36.5 Å². The van der Waals surface area contributed by atoms with Crippen LogP contribution in [-0.2, 0) is 0 Å². The third-order valence-corrected chi connectivity index (χ3v) is 3.65. The van der Waals surface area contributed by atoms with Gasteiger partial charge in [0, 0.05) is 28.0 Å². The molecule has 0 aliphatic heterocycles. The van der Waals surface area contributed by atoms with Crippen LogP contribution in [0.3, 0.4) is 0 Å². The Bertz CT molecular complexity index is 981. The summed E-state index contributed by atoms with van der Waals surface area (Å²) in [6.45, 7) is 0. The van der Waals surface area contributed by atoms with Crippen LogP contribution in [0.4, 0.5) is 0 Å². The van der Waals surface area contributed by atoms with Gasteiger partial charge in [0.25, 0.3) is 0 Å². The predicted molar refractivity (Wildman–Crippen MR) is 80.3 cm³/mol. The summed E-state index contributed by atoms with van der Waals surface area (Å²) in [4.78, 5) is 14.6. The van der Waals surface area contributed by atoms with Crippen molar-refractivity contribution in [2.45, 2.75) is 0 Å². The number of carboxylic acids is 1. The molecule has 2 heterocycles. The number of nitrogens with one attached hydrogen (secondary N) is 2. The van der Waals surface area contributed by atoms with Gasteiger partial charge in [0.05, 0.1) is 11.1 Å². The maximum atomic E-state index is 11.4. The van der Waals surface area contributed by atoms with Crippen molar-refractivity contribution in [3.05, 3.63) is 54.2 Å². The number of benzene rings is 2. The first-order chi connectivity index (χ1) is 10.2. The lowest BCUT2D eigenvalue weighted by molar-refractivity contribution is 0.0699. The van der Waals surface area contributed by atoms with E-state index in [0.717, 1.165) is 22.0 Å². The van der Waals surface area contributed by atoms with Crippen molar-refractivity contribution in [2.24, 2.45) is 0 Å². The van der Waals surface area contributed by atoms with Gasteiger partial charge < -0.3 is 10.1 Å². The summed E-state index contributed by atoms with van der Waals surface area (Å²) in [6, 6.07) is 13.0. The molecule has 2 aromatic heterocycles. The Morgan fingerprint density at radius 2 is 2.00 bits per heavy atom. The topological polar surface area (TPSA) is 81.8 Å². The molecule has 0 aliphatic carbocycles. The van der Waals surface area contributed by atoms with Gasteiger partial charge in [-0.2, -0.15) is 5.10 Å². The van der Waals surface area contributed by atoms with Crippen LogP contribution in [0.1, 0.15) is 10.4 Å². The number of hydrogen-bond acceptors (Lipinski definition) is 2. The Morgan fingerprint density at radius 1 is 1.10 bits per heavy atom. The molecule has 102 valence electrons. The molecule has 21 heavy (non-hydrogen) atoms. The third kappa shape index (κ3) is 1.71. The number of rotatable bonds is 2. The Balaban J connectivity index is 2.03. The van der Waals surface area contributed by atoms with Crippen molar-refractivity contribution in [1.82, 2.24) is 15.2 Å². The molecule has 0 fully saturated rings. The van der Waals surface area contributed by atoms with Crippen molar-refractivity contribution in [3.63, 3.8) is 0 Å². The maximum absolute atomic E-state index is 11.4. The van der Waals surface area contributed by atoms with Gasteiger partial charge in [-0.15, -0.1) is 0 Å². The molecule has 2 aromatic carbocycles. The quantitative estimate of drug-likeness (QED) is 0.525. The summed E-state index contributed by atoms with van der Waals surface area (Å²) in [5.41, 5.74) is 3.56. The molecule has 0 atom stereocenters. The second kappa shape index (κ2) is 4.21. The zero-order valence-electron chi connectivity index (χ0n) is 10.9. The van der Waals surface area contributed by atoms with E-state index in [-0.39, 0.29) is 5.56 Å². The summed E-state index contributed by atoms with van der Waals surface area (Å²) >= 11 is 0. The SMILES string of the molecule is O=C(O)c1cccc2[nH]nc(-c3ccc4[nH]ccc4c3)c12. The van der Waals surface area contributed by atoms with Crippen LogP contribution in [0, 0.1) is 0 Å². The molecule has 0 spiro atoms. The molecule has 0 aliphatic rings. The number of carbonyl (C=O) groups is 1.